The smallest absolute Gasteiger partial charge is 0.165 e. The minimum atomic E-state index is 0.133. The molecule has 0 heterocycles. The van der Waals surface area contributed by atoms with E-state index in [1.54, 1.807) is 7.11 Å². The number of rotatable bonds is 4. The largest absolute Gasteiger partial charge is 0.384 e. The molecule has 0 bridgehead atoms. The Labute approximate surface area is 118 Å². The monoisotopic (exact) mass is 264 g/mol. The maximum absolute atomic E-state index is 12.4. The molecular weight excluding hydrogens is 248 g/mol. The Balaban J connectivity index is 2.26. The molecule has 100 valence electrons. The van der Waals surface area contributed by atoms with E-state index >= 15 is 0 Å². The Morgan fingerprint density at radius 1 is 0.950 bits per heavy atom. The van der Waals surface area contributed by atoms with Crippen molar-refractivity contribution >= 4 is 27.3 Å². The van der Waals surface area contributed by atoms with Gasteiger partial charge in [-0.05, 0) is 27.6 Å². The van der Waals surface area contributed by atoms with Crippen LogP contribution in [0.4, 0.5) is 0 Å². The SMILES string of the molecule is COCCC(=O)c1cc2ccccc2c2ccccc12. The summed E-state index contributed by atoms with van der Waals surface area (Å²) in [6.45, 7) is 0.458. The second kappa shape index (κ2) is 5.43. The van der Waals surface area contributed by atoms with Gasteiger partial charge in [-0.1, -0.05) is 48.5 Å². The lowest BCUT2D eigenvalue weighted by atomic mass is 9.94. The molecule has 3 aromatic carbocycles. The molecule has 0 aliphatic rings. The molecule has 0 spiro atoms. The Morgan fingerprint density at radius 2 is 1.60 bits per heavy atom. The maximum Gasteiger partial charge on any atom is 0.165 e. The van der Waals surface area contributed by atoms with Gasteiger partial charge < -0.3 is 4.74 Å². The Bertz CT molecular complexity index is 775. The Hall–Kier alpha value is -2.19. The van der Waals surface area contributed by atoms with Crippen molar-refractivity contribution in [2.75, 3.05) is 13.7 Å². The number of fused-ring (bicyclic) bond motifs is 3. The number of hydrogen-bond donors (Lipinski definition) is 0. The zero-order chi connectivity index (χ0) is 13.9. The first-order chi connectivity index (χ1) is 9.81. The van der Waals surface area contributed by atoms with Crippen LogP contribution in [-0.2, 0) is 4.74 Å². The van der Waals surface area contributed by atoms with Crippen LogP contribution < -0.4 is 0 Å². The average Bonchev–Trinajstić information content (AvgIpc) is 2.52. The second-order valence-corrected chi connectivity index (χ2v) is 4.86. The number of ether oxygens (including phenoxy) is 1. The predicted octanol–water partition coefficient (Wildman–Crippen LogP) is 4.21. The van der Waals surface area contributed by atoms with Gasteiger partial charge in [0.05, 0.1) is 6.61 Å². The van der Waals surface area contributed by atoms with Gasteiger partial charge in [0, 0.05) is 19.1 Å². The number of Topliss-reactive ketones (excluding diaryl/α,β-unsaturated/α-hetero) is 1. The van der Waals surface area contributed by atoms with Crippen molar-refractivity contribution in [3.63, 3.8) is 0 Å². The molecule has 0 saturated heterocycles. The van der Waals surface area contributed by atoms with Crippen molar-refractivity contribution in [3.05, 3.63) is 60.2 Å². The summed E-state index contributed by atoms with van der Waals surface area (Å²) < 4.78 is 5.01. The molecule has 0 unspecified atom stereocenters. The van der Waals surface area contributed by atoms with Gasteiger partial charge in [-0.2, -0.15) is 0 Å². The summed E-state index contributed by atoms with van der Waals surface area (Å²) in [5.74, 6) is 0.133. The minimum absolute atomic E-state index is 0.133. The molecule has 0 fully saturated rings. The van der Waals surface area contributed by atoms with Gasteiger partial charge in [0.15, 0.2) is 5.78 Å². The number of benzene rings is 3. The molecule has 0 aromatic heterocycles. The number of carbonyl (C=O) groups is 1. The first-order valence-corrected chi connectivity index (χ1v) is 6.74. The van der Waals surface area contributed by atoms with Crippen LogP contribution in [0.5, 0.6) is 0 Å². The summed E-state index contributed by atoms with van der Waals surface area (Å²) in [5, 5.41) is 4.44. The van der Waals surface area contributed by atoms with Crippen LogP contribution in [0.2, 0.25) is 0 Å². The van der Waals surface area contributed by atoms with E-state index < -0.39 is 0 Å². The number of carbonyl (C=O) groups excluding carboxylic acids is 1. The molecule has 0 aliphatic heterocycles. The highest BCUT2D eigenvalue weighted by molar-refractivity contribution is 6.17. The normalized spacial score (nSPS) is 11.1. The molecule has 2 nitrogen and oxygen atoms in total. The first-order valence-electron chi connectivity index (χ1n) is 6.74. The van der Waals surface area contributed by atoms with E-state index in [1.807, 2.05) is 36.4 Å². The maximum atomic E-state index is 12.4. The molecule has 0 radical (unpaired) electrons. The number of ketones is 1. The highest BCUT2D eigenvalue weighted by atomic mass is 16.5. The van der Waals surface area contributed by atoms with Crippen molar-refractivity contribution in [1.29, 1.82) is 0 Å². The third kappa shape index (κ3) is 2.19. The zero-order valence-electron chi connectivity index (χ0n) is 11.4. The van der Waals surface area contributed by atoms with Gasteiger partial charge in [0.1, 0.15) is 0 Å². The van der Waals surface area contributed by atoms with Crippen LogP contribution >= 0.6 is 0 Å². The van der Waals surface area contributed by atoms with Crippen LogP contribution in [0.15, 0.2) is 54.6 Å². The molecule has 0 atom stereocenters. The molecule has 0 saturated carbocycles. The van der Waals surface area contributed by atoms with Gasteiger partial charge >= 0.3 is 0 Å². The molecule has 20 heavy (non-hydrogen) atoms. The third-order valence-electron chi connectivity index (χ3n) is 3.60. The number of hydrogen-bond acceptors (Lipinski definition) is 2. The fraction of sp³-hybridized carbons (Fsp3) is 0.167. The first kappa shape index (κ1) is 12.8. The lowest BCUT2D eigenvalue weighted by Crippen LogP contribution is -2.04. The van der Waals surface area contributed by atoms with Crippen molar-refractivity contribution in [2.45, 2.75) is 6.42 Å². The Morgan fingerprint density at radius 3 is 2.35 bits per heavy atom. The molecular formula is C18H16O2. The standard InChI is InChI=1S/C18H16O2/c1-20-11-10-18(19)17-12-13-6-2-3-7-14(13)15-8-4-5-9-16(15)17/h2-9,12H,10-11H2,1H3. The summed E-state index contributed by atoms with van der Waals surface area (Å²) in [5.41, 5.74) is 0.788. The van der Waals surface area contributed by atoms with E-state index in [4.69, 9.17) is 4.74 Å². The van der Waals surface area contributed by atoms with Crippen molar-refractivity contribution in [3.8, 4) is 0 Å². The zero-order valence-corrected chi connectivity index (χ0v) is 11.4. The molecule has 3 rings (SSSR count). The lowest BCUT2D eigenvalue weighted by Gasteiger charge is -2.09. The van der Waals surface area contributed by atoms with E-state index in [2.05, 4.69) is 18.2 Å². The highest BCUT2D eigenvalue weighted by Crippen LogP contribution is 2.29. The van der Waals surface area contributed by atoms with Crippen molar-refractivity contribution in [2.24, 2.45) is 0 Å². The second-order valence-electron chi connectivity index (χ2n) is 4.86. The van der Waals surface area contributed by atoms with Gasteiger partial charge in [-0.3, -0.25) is 4.79 Å². The fourth-order valence-electron chi connectivity index (χ4n) is 2.61. The van der Waals surface area contributed by atoms with Crippen molar-refractivity contribution < 1.29 is 9.53 Å². The van der Waals surface area contributed by atoms with Crippen LogP contribution in [0, 0.1) is 0 Å². The summed E-state index contributed by atoms with van der Waals surface area (Å²) in [6, 6.07) is 18.3. The van der Waals surface area contributed by atoms with Gasteiger partial charge in [-0.25, -0.2) is 0 Å². The van der Waals surface area contributed by atoms with Crippen LogP contribution in [0.25, 0.3) is 21.5 Å². The quantitative estimate of drug-likeness (QED) is 0.521. The topological polar surface area (TPSA) is 26.3 Å². The minimum Gasteiger partial charge on any atom is -0.384 e. The van der Waals surface area contributed by atoms with Gasteiger partial charge in [0.2, 0.25) is 0 Å². The molecule has 0 N–H and O–H groups in total. The summed E-state index contributed by atoms with van der Waals surface area (Å²) >= 11 is 0. The van der Waals surface area contributed by atoms with Gasteiger partial charge in [-0.15, -0.1) is 0 Å². The average molecular weight is 264 g/mol. The summed E-state index contributed by atoms with van der Waals surface area (Å²) in [4.78, 5) is 12.4. The Kier molecular flexibility index (Phi) is 3.48. The summed E-state index contributed by atoms with van der Waals surface area (Å²) in [6.07, 6.45) is 0.416. The van der Waals surface area contributed by atoms with Crippen LogP contribution in [0.1, 0.15) is 16.8 Å². The molecule has 3 aromatic rings. The third-order valence-corrected chi connectivity index (χ3v) is 3.60. The highest BCUT2D eigenvalue weighted by Gasteiger charge is 2.12. The molecule has 0 aliphatic carbocycles. The van der Waals surface area contributed by atoms with E-state index in [9.17, 15) is 4.79 Å². The van der Waals surface area contributed by atoms with E-state index in [1.165, 1.54) is 5.39 Å². The van der Waals surface area contributed by atoms with Crippen molar-refractivity contribution in [1.82, 2.24) is 0 Å². The fourth-order valence-corrected chi connectivity index (χ4v) is 2.61. The summed E-state index contributed by atoms with van der Waals surface area (Å²) in [7, 11) is 1.62. The number of methoxy groups -OCH3 is 1. The van der Waals surface area contributed by atoms with Crippen LogP contribution in [-0.4, -0.2) is 19.5 Å². The molecule has 2 heteroatoms. The van der Waals surface area contributed by atoms with E-state index in [-0.39, 0.29) is 5.78 Å². The van der Waals surface area contributed by atoms with E-state index in [0.29, 0.717) is 13.0 Å². The van der Waals surface area contributed by atoms with Crippen LogP contribution in [0.3, 0.4) is 0 Å². The van der Waals surface area contributed by atoms with Gasteiger partial charge in [0.25, 0.3) is 0 Å². The lowest BCUT2D eigenvalue weighted by molar-refractivity contribution is 0.0934. The molecule has 0 amide bonds. The van der Waals surface area contributed by atoms with E-state index in [0.717, 1.165) is 21.7 Å². The predicted molar refractivity (Wildman–Crippen MR) is 82.3 cm³/mol.